The van der Waals surface area contributed by atoms with Crippen LogP contribution in [0.4, 0.5) is 0 Å². The molecule has 0 unspecified atom stereocenters. The average Bonchev–Trinajstić information content (AvgIpc) is 2.96. The number of carbonyl (C=O) groups is 1. The fourth-order valence-electron chi connectivity index (χ4n) is 6.42. The van der Waals surface area contributed by atoms with E-state index in [1.807, 2.05) is 0 Å². The summed E-state index contributed by atoms with van der Waals surface area (Å²) in [6.07, 6.45) is 20.3. The van der Waals surface area contributed by atoms with E-state index in [0.29, 0.717) is 11.3 Å². The molecule has 0 bridgehead atoms. The Morgan fingerprint density at radius 2 is 1.84 bits per heavy atom. The molecule has 0 radical (unpaired) electrons. The fourth-order valence-corrected chi connectivity index (χ4v) is 6.42. The van der Waals surface area contributed by atoms with E-state index in [1.54, 1.807) is 11.1 Å². The molecule has 1 heteroatoms. The van der Waals surface area contributed by atoms with E-state index in [2.05, 4.69) is 32.9 Å². The van der Waals surface area contributed by atoms with Crippen molar-refractivity contribution < 1.29 is 4.79 Å². The summed E-state index contributed by atoms with van der Waals surface area (Å²) in [5.41, 5.74) is 3.91. The molecule has 3 saturated carbocycles. The zero-order chi connectivity index (χ0) is 17.9. The molecule has 0 N–H and O–H groups in total. The van der Waals surface area contributed by atoms with Crippen LogP contribution in [-0.4, -0.2) is 6.29 Å². The maximum atomic E-state index is 10.8. The van der Waals surface area contributed by atoms with Crippen molar-refractivity contribution in [2.75, 3.05) is 0 Å². The minimum atomic E-state index is 0.475. The lowest BCUT2D eigenvalue weighted by Gasteiger charge is -2.44. The summed E-state index contributed by atoms with van der Waals surface area (Å²) in [7, 11) is 0. The Morgan fingerprint density at radius 3 is 2.60 bits per heavy atom. The first-order valence-electron chi connectivity index (χ1n) is 10.9. The molecule has 3 fully saturated rings. The van der Waals surface area contributed by atoms with Gasteiger partial charge in [-0.3, -0.25) is 0 Å². The number of hydrogen-bond acceptors (Lipinski definition) is 1. The predicted molar refractivity (Wildman–Crippen MR) is 106 cm³/mol. The minimum Gasteiger partial charge on any atom is -0.303 e. The summed E-state index contributed by atoms with van der Waals surface area (Å²) in [4.78, 5) is 10.8. The smallest absolute Gasteiger partial charge is 0.120 e. The van der Waals surface area contributed by atoms with Gasteiger partial charge in [0.1, 0.15) is 6.29 Å². The van der Waals surface area contributed by atoms with Gasteiger partial charge >= 0.3 is 0 Å². The standard InChI is InChI=1S/C24H38O/c1-18-8-4-5-10-20(18)12-13-21-11-6-16-24(3)22(14-15-23(21)24)19(2)9-7-17-25/h12-13,17-19,22-23H,4-11,14-16H2,1-3H3/b20-12-,21-13+/t18-,19-,22-,23+,24-/m1/s1. The van der Waals surface area contributed by atoms with Crippen LogP contribution in [0.15, 0.2) is 23.3 Å². The Labute approximate surface area is 155 Å². The van der Waals surface area contributed by atoms with Crippen molar-refractivity contribution >= 4 is 6.29 Å². The van der Waals surface area contributed by atoms with Crippen molar-refractivity contribution in [3.05, 3.63) is 23.3 Å². The molecule has 0 spiro atoms. The second kappa shape index (κ2) is 8.23. The van der Waals surface area contributed by atoms with E-state index < -0.39 is 0 Å². The van der Waals surface area contributed by atoms with Gasteiger partial charge in [-0.1, -0.05) is 50.5 Å². The summed E-state index contributed by atoms with van der Waals surface area (Å²) < 4.78 is 0. The van der Waals surface area contributed by atoms with Crippen molar-refractivity contribution in [3.63, 3.8) is 0 Å². The van der Waals surface area contributed by atoms with Crippen LogP contribution in [0.2, 0.25) is 0 Å². The molecule has 140 valence electrons. The summed E-state index contributed by atoms with van der Waals surface area (Å²) in [6, 6.07) is 0. The van der Waals surface area contributed by atoms with Crippen LogP contribution in [0.5, 0.6) is 0 Å². The Balaban J connectivity index is 1.75. The topological polar surface area (TPSA) is 17.1 Å². The summed E-state index contributed by atoms with van der Waals surface area (Å²) >= 11 is 0. The van der Waals surface area contributed by atoms with Crippen LogP contribution in [-0.2, 0) is 4.79 Å². The van der Waals surface area contributed by atoms with Crippen LogP contribution in [0.1, 0.15) is 91.4 Å². The maximum Gasteiger partial charge on any atom is 0.120 e. The lowest BCUT2D eigenvalue weighted by Crippen LogP contribution is -2.36. The first-order valence-corrected chi connectivity index (χ1v) is 10.9. The molecule has 0 saturated heterocycles. The summed E-state index contributed by atoms with van der Waals surface area (Å²) in [5.74, 6) is 3.08. The summed E-state index contributed by atoms with van der Waals surface area (Å²) in [6.45, 7) is 7.37. The third-order valence-corrected chi connectivity index (χ3v) is 7.96. The van der Waals surface area contributed by atoms with Crippen molar-refractivity contribution in [3.8, 4) is 0 Å². The minimum absolute atomic E-state index is 0.475. The van der Waals surface area contributed by atoms with Crippen LogP contribution in [0.25, 0.3) is 0 Å². The molecule has 3 rings (SSSR count). The molecular weight excluding hydrogens is 304 g/mol. The van der Waals surface area contributed by atoms with Gasteiger partial charge in [0.15, 0.2) is 0 Å². The molecule has 0 aromatic heterocycles. The van der Waals surface area contributed by atoms with E-state index in [0.717, 1.165) is 36.9 Å². The fraction of sp³-hybridized carbons (Fsp3) is 0.792. The Bertz CT molecular complexity index is 528. The van der Waals surface area contributed by atoms with Gasteiger partial charge in [-0.25, -0.2) is 0 Å². The van der Waals surface area contributed by atoms with E-state index >= 15 is 0 Å². The molecule has 0 aromatic carbocycles. The SMILES string of the molecule is C[C@@H]1CCCC/C1=C/C=C1\CCC[C@]2(C)[C@@H]([C@H](C)CCC=O)CC[C@@H]12. The largest absolute Gasteiger partial charge is 0.303 e. The second-order valence-electron chi connectivity index (χ2n) is 9.45. The molecule has 0 aromatic rings. The van der Waals surface area contributed by atoms with Crippen molar-refractivity contribution in [2.45, 2.75) is 91.4 Å². The molecular formula is C24H38O. The third kappa shape index (κ3) is 3.96. The van der Waals surface area contributed by atoms with Crippen LogP contribution in [0.3, 0.4) is 0 Å². The van der Waals surface area contributed by atoms with Crippen LogP contribution in [0, 0.1) is 29.1 Å². The Hall–Kier alpha value is -0.850. The molecule has 0 aliphatic heterocycles. The quantitative estimate of drug-likeness (QED) is 0.498. The van der Waals surface area contributed by atoms with E-state index in [-0.39, 0.29) is 0 Å². The van der Waals surface area contributed by atoms with Gasteiger partial charge in [-0.05, 0) is 86.9 Å². The first kappa shape index (κ1) is 18.9. The predicted octanol–water partition coefficient (Wildman–Crippen LogP) is 6.88. The maximum absolute atomic E-state index is 10.8. The molecule has 5 atom stereocenters. The van der Waals surface area contributed by atoms with Gasteiger partial charge in [0.25, 0.3) is 0 Å². The third-order valence-electron chi connectivity index (χ3n) is 7.96. The second-order valence-corrected chi connectivity index (χ2v) is 9.45. The normalized spacial score (nSPS) is 40.2. The van der Waals surface area contributed by atoms with Crippen molar-refractivity contribution in [1.29, 1.82) is 0 Å². The molecule has 0 amide bonds. The van der Waals surface area contributed by atoms with Gasteiger partial charge in [0.05, 0.1) is 0 Å². The number of allylic oxidation sites excluding steroid dienone is 4. The van der Waals surface area contributed by atoms with Gasteiger partial charge in [0, 0.05) is 6.42 Å². The van der Waals surface area contributed by atoms with Gasteiger partial charge < -0.3 is 4.79 Å². The molecule has 3 aliphatic rings. The highest BCUT2D eigenvalue weighted by molar-refractivity contribution is 5.49. The Morgan fingerprint density at radius 1 is 1.08 bits per heavy atom. The van der Waals surface area contributed by atoms with Crippen LogP contribution >= 0.6 is 0 Å². The lowest BCUT2D eigenvalue weighted by molar-refractivity contribution is -0.108. The number of hydrogen-bond donors (Lipinski definition) is 0. The first-order chi connectivity index (χ1) is 12.1. The molecule has 0 heterocycles. The van der Waals surface area contributed by atoms with E-state index in [9.17, 15) is 4.79 Å². The zero-order valence-corrected chi connectivity index (χ0v) is 16.7. The molecule has 1 nitrogen and oxygen atoms in total. The van der Waals surface area contributed by atoms with Gasteiger partial charge in [-0.15, -0.1) is 0 Å². The monoisotopic (exact) mass is 342 g/mol. The van der Waals surface area contributed by atoms with E-state index in [4.69, 9.17) is 0 Å². The van der Waals surface area contributed by atoms with Crippen LogP contribution < -0.4 is 0 Å². The highest BCUT2D eigenvalue weighted by Gasteiger charge is 2.50. The highest BCUT2D eigenvalue weighted by Crippen LogP contribution is 2.59. The number of carbonyl (C=O) groups excluding carboxylic acids is 1. The van der Waals surface area contributed by atoms with Crippen molar-refractivity contribution in [1.82, 2.24) is 0 Å². The summed E-state index contributed by atoms with van der Waals surface area (Å²) in [5, 5.41) is 0. The van der Waals surface area contributed by atoms with Crippen molar-refractivity contribution in [2.24, 2.45) is 29.1 Å². The lowest BCUT2D eigenvalue weighted by atomic mass is 9.60. The molecule has 25 heavy (non-hydrogen) atoms. The number of aldehydes is 1. The average molecular weight is 343 g/mol. The number of fused-ring (bicyclic) bond motifs is 1. The Kier molecular flexibility index (Phi) is 6.23. The number of rotatable bonds is 5. The molecule has 3 aliphatic carbocycles. The van der Waals surface area contributed by atoms with Gasteiger partial charge in [-0.2, -0.15) is 0 Å². The van der Waals surface area contributed by atoms with Gasteiger partial charge in [0.2, 0.25) is 0 Å². The zero-order valence-electron chi connectivity index (χ0n) is 16.7. The van der Waals surface area contributed by atoms with E-state index in [1.165, 1.54) is 57.8 Å². The highest BCUT2D eigenvalue weighted by atomic mass is 16.1.